The average molecular weight is 297 g/mol. The lowest BCUT2D eigenvalue weighted by Gasteiger charge is -2.41. The average Bonchev–Trinajstić information content (AvgIpc) is 2.82. The van der Waals surface area contributed by atoms with E-state index in [9.17, 15) is 4.79 Å². The molecule has 1 aromatic carbocycles. The molecule has 3 heterocycles. The first-order valence-electron chi connectivity index (χ1n) is 7.43. The van der Waals surface area contributed by atoms with E-state index >= 15 is 0 Å². The largest absolute Gasteiger partial charge is 0.485 e. The molecule has 0 saturated carbocycles. The fourth-order valence-corrected chi connectivity index (χ4v) is 3.44. The molecule has 6 heteroatoms. The Labute approximate surface area is 127 Å². The molecule has 1 aromatic heterocycles. The first-order chi connectivity index (χ1) is 10.7. The molecule has 22 heavy (non-hydrogen) atoms. The van der Waals surface area contributed by atoms with E-state index in [0.717, 1.165) is 24.2 Å². The van der Waals surface area contributed by atoms with Crippen LogP contribution in [0.1, 0.15) is 24.4 Å². The maximum Gasteiger partial charge on any atom is 0.291 e. The summed E-state index contributed by atoms with van der Waals surface area (Å²) in [6.07, 6.45) is 5.60. The van der Waals surface area contributed by atoms with Crippen LogP contribution in [0.4, 0.5) is 5.82 Å². The van der Waals surface area contributed by atoms with Gasteiger partial charge in [-0.25, -0.2) is 4.98 Å². The van der Waals surface area contributed by atoms with Crippen molar-refractivity contribution in [2.24, 2.45) is 5.73 Å². The number of hydrogen-bond donors (Lipinski definition) is 2. The monoisotopic (exact) mass is 297 g/mol. The minimum absolute atomic E-state index is 0.124. The van der Waals surface area contributed by atoms with Gasteiger partial charge in [-0.3, -0.25) is 4.79 Å². The molecular formula is C16H17N4O2. The zero-order valence-corrected chi connectivity index (χ0v) is 12.1. The molecule has 0 aliphatic carbocycles. The summed E-state index contributed by atoms with van der Waals surface area (Å²) in [5.74, 6) is 1.33. The predicted molar refractivity (Wildman–Crippen MR) is 81.9 cm³/mol. The SMILES string of the molecule is N[C@@H]1c2ccccc2OC12CCN(c1nc[c][nH]c1=O)CC2. The van der Waals surface area contributed by atoms with Gasteiger partial charge in [-0.15, -0.1) is 0 Å². The summed E-state index contributed by atoms with van der Waals surface area (Å²) in [6, 6.07) is 7.82. The van der Waals surface area contributed by atoms with Crippen molar-refractivity contribution >= 4 is 5.82 Å². The maximum absolute atomic E-state index is 11.8. The predicted octanol–water partition coefficient (Wildman–Crippen LogP) is 1.00. The molecule has 1 atom stereocenters. The molecule has 2 aromatic rings. The van der Waals surface area contributed by atoms with Gasteiger partial charge in [-0.1, -0.05) is 18.2 Å². The first-order valence-corrected chi connectivity index (χ1v) is 7.43. The van der Waals surface area contributed by atoms with E-state index in [4.69, 9.17) is 10.5 Å². The fourth-order valence-electron chi connectivity index (χ4n) is 3.44. The standard InChI is InChI=1S/C16H17N4O2/c17-13-11-3-1-2-4-12(11)22-16(13)5-9-20(10-6-16)14-15(21)19-8-7-18-14/h1-4,7,13H,5-6,9-10,17H2,(H,19,21)/t13-/m1/s1. The summed E-state index contributed by atoms with van der Waals surface area (Å²) < 4.78 is 6.20. The lowest BCUT2D eigenvalue weighted by Crippen LogP contribution is -2.52. The third-order valence-electron chi connectivity index (χ3n) is 4.68. The molecule has 0 amide bonds. The van der Waals surface area contributed by atoms with E-state index < -0.39 is 0 Å². The highest BCUT2D eigenvalue weighted by Gasteiger charge is 2.48. The Hall–Kier alpha value is -2.34. The van der Waals surface area contributed by atoms with Crippen molar-refractivity contribution in [2.75, 3.05) is 18.0 Å². The number of nitrogens with one attached hydrogen (secondary N) is 1. The van der Waals surface area contributed by atoms with Crippen LogP contribution in [0, 0.1) is 6.20 Å². The van der Waals surface area contributed by atoms with Crippen LogP contribution in [0.5, 0.6) is 5.75 Å². The number of rotatable bonds is 1. The van der Waals surface area contributed by atoms with Gasteiger partial charge in [-0.2, -0.15) is 0 Å². The second kappa shape index (κ2) is 4.84. The van der Waals surface area contributed by atoms with Crippen molar-refractivity contribution in [3.05, 3.63) is 52.6 Å². The van der Waals surface area contributed by atoms with Gasteiger partial charge >= 0.3 is 0 Å². The molecule has 113 valence electrons. The lowest BCUT2D eigenvalue weighted by atomic mass is 9.83. The van der Waals surface area contributed by atoms with Crippen LogP contribution in [0.2, 0.25) is 0 Å². The second-order valence-corrected chi connectivity index (χ2v) is 5.85. The number of hydrogen-bond acceptors (Lipinski definition) is 5. The minimum Gasteiger partial charge on any atom is -0.485 e. The van der Waals surface area contributed by atoms with Gasteiger partial charge < -0.3 is 20.4 Å². The number of para-hydroxylation sites is 1. The van der Waals surface area contributed by atoms with Crippen LogP contribution in [0.15, 0.2) is 35.3 Å². The van der Waals surface area contributed by atoms with Gasteiger partial charge in [0.1, 0.15) is 11.4 Å². The van der Waals surface area contributed by atoms with Gasteiger partial charge in [-0.05, 0) is 6.07 Å². The van der Waals surface area contributed by atoms with Crippen LogP contribution >= 0.6 is 0 Å². The lowest BCUT2D eigenvalue weighted by molar-refractivity contribution is 0.0430. The number of fused-ring (bicyclic) bond motifs is 1. The molecule has 6 nitrogen and oxygen atoms in total. The first kappa shape index (κ1) is 13.3. The highest BCUT2D eigenvalue weighted by Crippen LogP contribution is 2.46. The van der Waals surface area contributed by atoms with E-state index in [-0.39, 0.29) is 17.2 Å². The van der Waals surface area contributed by atoms with Crippen LogP contribution < -0.4 is 20.9 Å². The Morgan fingerprint density at radius 1 is 1.36 bits per heavy atom. The highest BCUT2D eigenvalue weighted by atomic mass is 16.5. The Bertz CT molecular complexity index is 750. The Morgan fingerprint density at radius 2 is 2.14 bits per heavy atom. The highest BCUT2D eigenvalue weighted by molar-refractivity contribution is 5.44. The summed E-state index contributed by atoms with van der Waals surface area (Å²) in [7, 11) is 0. The molecular weight excluding hydrogens is 280 g/mol. The molecule has 1 spiro atoms. The van der Waals surface area contributed by atoms with Crippen LogP contribution in [0.25, 0.3) is 0 Å². The van der Waals surface area contributed by atoms with Crippen LogP contribution in [-0.2, 0) is 0 Å². The number of ether oxygens (including phenoxy) is 1. The Morgan fingerprint density at radius 3 is 2.86 bits per heavy atom. The number of nitrogens with zero attached hydrogens (tertiary/aromatic N) is 2. The third-order valence-corrected chi connectivity index (χ3v) is 4.68. The molecule has 1 fully saturated rings. The van der Waals surface area contributed by atoms with Crippen molar-refractivity contribution < 1.29 is 4.74 Å². The summed E-state index contributed by atoms with van der Waals surface area (Å²) in [4.78, 5) is 20.5. The Kier molecular flexibility index (Phi) is 2.94. The van der Waals surface area contributed by atoms with E-state index in [1.807, 2.05) is 29.2 Å². The molecule has 2 aliphatic rings. The normalized spacial score (nSPS) is 22.4. The summed E-state index contributed by atoms with van der Waals surface area (Å²) >= 11 is 0. The van der Waals surface area contributed by atoms with Crippen molar-refractivity contribution in [2.45, 2.75) is 24.5 Å². The zero-order valence-electron chi connectivity index (χ0n) is 12.1. The minimum atomic E-state index is -0.367. The molecule has 4 rings (SSSR count). The smallest absolute Gasteiger partial charge is 0.291 e. The van der Waals surface area contributed by atoms with Crippen LogP contribution in [-0.4, -0.2) is 28.7 Å². The molecule has 2 aliphatic heterocycles. The van der Waals surface area contributed by atoms with E-state index in [2.05, 4.69) is 16.2 Å². The van der Waals surface area contributed by atoms with Gasteiger partial charge in [0.25, 0.3) is 5.56 Å². The van der Waals surface area contributed by atoms with Crippen molar-refractivity contribution in [1.29, 1.82) is 0 Å². The molecule has 3 N–H and O–H groups in total. The summed E-state index contributed by atoms with van der Waals surface area (Å²) in [6.45, 7) is 1.39. The summed E-state index contributed by atoms with van der Waals surface area (Å²) in [5, 5.41) is 0. The van der Waals surface area contributed by atoms with Crippen molar-refractivity contribution in [3.63, 3.8) is 0 Å². The quantitative estimate of drug-likeness (QED) is 0.820. The number of H-pyrrole nitrogens is 1. The third kappa shape index (κ3) is 1.91. The maximum atomic E-state index is 11.8. The number of benzene rings is 1. The summed E-state index contributed by atoms with van der Waals surface area (Å²) in [5.41, 5.74) is 6.93. The zero-order chi connectivity index (χ0) is 15.2. The van der Waals surface area contributed by atoms with E-state index in [1.165, 1.54) is 6.20 Å². The number of aromatic nitrogens is 2. The number of aromatic amines is 1. The van der Waals surface area contributed by atoms with E-state index in [0.29, 0.717) is 18.9 Å². The topological polar surface area (TPSA) is 84.2 Å². The molecule has 1 radical (unpaired) electrons. The van der Waals surface area contributed by atoms with Gasteiger partial charge in [0.15, 0.2) is 5.82 Å². The molecule has 1 saturated heterocycles. The number of piperidine rings is 1. The van der Waals surface area contributed by atoms with Gasteiger partial charge in [0.2, 0.25) is 0 Å². The van der Waals surface area contributed by atoms with E-state index in [1.54, 1.807) is 0 Å². The van der Waals surface area contributed by atoms with Crippen molar-refractivity contribution in [3.8, 4) is 5.75 Å². The second-order valence-electron chi connectivity index (χ2n) is 5.85. The van der Waals surface area contributed by atoms with Crippen LogP contribution in [0.3, 0.4) is 0 Å². The molecule has 0 bridgehead atoms. The number of anilines is 1. The number of nitrogens with two attached hydrogens (primary N) is 1. The molecule has 0 unspecified atom stereocenters. The van der Waals surface area contributed by atoms with Gasteiger partial charge in [0, 0.05) is 31.5 Å². The Balaban J connectivity index is 1.56. The van der Waals surface area contributed by atoms with Crippen molar-refractivity contribution in [1.82, 2.24) is 9.97 Å². The van der Waals surface area contributed by atoms with Gasteiger partial charge in [0.05, 0.1) is 18.4 Å². The fraction of sp³-hybridized carbons (Fsp3) is 0.375.